The first-order valence-electron chi connectivity index (χ1n) is 7.85. The van der Waals surface area contributed by atoms with Gasteiger partial charge in [0.25, 0.3) is 0 Å². The highest BCUT2D eigenvalue weighted by molar-refractivity contribution is 7.16. The molecule has 23 heavy (non-hydrogen) atoms. The zero-order chi connectivity index (χ0) is 16.4. The van der Waals surface area contributed by atoms with E-state index in [1.807, 2.05) is 32.2 Å². The highest BCUT2D eigenvalue weighted by Gasteiger charge is 2.27. The number of nitrogens with one attached hydrogen (secondary N) is 1. The van der Waals surface area contributed by atoms with E-state index in [4.69, 9.17) is 4.74 Å². The van der Waals surface area contributed by atoms with Crippen LogP contribution in [0.5, 0.6) is 0 Å². The smallest absolute Gasteiger partial charge is 0.410 e. The van der Waals surface area contributed by atoms with Crippen LogP contribution < -0.4 is 5.32 Å². The highest BCUT2D eigenvalue weighted by Crippen LogP contribution is 2.26. The Balaban J connectivity index is 1.57. The molecule has 0 bridgehead atoms. The molecule has 3 heterocycles. The van der Waals surface area contributed by atoms with Gasteiger partial charge in [0.2, 0.25) is 0 Å². The maximum atomic E-state index is 12.1. The fourth-order valence-corrected chi connectivity index (χ4v) is 3.36. The number of hydrogen-bond donors (Lipinski definition) is 1. The average Bonchev–Trinajstić information content (AvgIpc) is 2.96. The van der Waals surface area contributed by atoms with Gasteiger partial charge in [0.15, 0.2) is 0 Å². The van der Waals surface area contributed by atoms with E-state index < -0.39 is 5.60 Å². The third-order valence-corrected chi connectivity index (χ3v) is 4.57. The minimum Gasteiger partial charge on any atom is -0.444 e. The largest absolute Gasteiger partial charge is 0.444 e. The van der Waals surface area contributed by atoms with E-state index in [-0.39, 0.29) is 6.09 Å². The van der Waals surface area contributed by atoms with Crippen LogP contribution in [0.4, 0.5) is 10.6 Å². The molecule has 0 saturated carbocycles. The fourth-order valence-electron chi connectivity index (χ4n) is 2.63. The molecule has 0 aliphatic carbocycles. The Morgan fingerprint density at radius 3 is 2.78 bits per heavy atom. The molecule has 124 valence electrons. The van der Waals surface area contributed by atoms with Gasteiger partial charge in [-0.2, -0.15) is 0 Å². The molecule has 1 aliphatic heterocycles. The van der Waals surface area contributed by atoms with Crippen molar-refractivity contribution in [1.82, 2.24) is 14.9 Å². The molecular weight excluding hydrogens is 312 g/mol. The molecule has 1 fully saturated rings. The number of nitrogens with zero attached hydrogens (tertiary/aromatic N) is 3. The molecule has 1 amide bonds. The van der Waals surface area contributed by atoms with Crippen molar-refractivity contribution in [2.75, 3.05) is 18.4 Å². The zero-order valence-corrected chi connectivity index (χ0v) is 14.5. The number of aromatic nitrogens is 2. The van der Waals surface area contributed by atoms with E-state index >= 15 is 0 Å². The highest BCUT2D eigenvalue weighted by atomic mass is 32.1. The number of thiophene rings is 1. The Kier molecular flexibility index (Phi) is 4.39. The molecular formula is C16H22N4O2S. The number of piperidine rings is 1. The Morgan fingerprint density at radius 1 is 1.35 bits per heavy atom. The van der Waals surface area contributed by atoms with E-state index in [2.05, 4.69) is 15.3 Å². The second-order valence-electron chi connectivity index (χ2n) is 6.75. The molecule has 1 saturated heterocycles. The van der Waals surface area contributed by atoms with Gasteiger partial charge in [-0.15, -0.1) is 11.3 Å². The molecule has 2 aromatic rings. The molecule has 3 rings (SSSR count). The lowest BCUT2D eigenvalue weighted by Gasteiger charge is -2.33. The first-order valence-corrected chi connectivity index (χ1v) is 8.73. The van der Waals surface area contributed by atoms with E-state index in [0.29, 0.717) is 19.1 Å². The predicted molar refractivity (Wildman–Crippen MR) is 91.9 cm³/mol. The van der Waals surface area contributed by atoms with Crippen molar-refractivity contribution in [3.05, 3.63) is 17.8 Å². The van der Waals surface area contributed by atoms with Crippen molar-refractivity contribution >= 4 is 33.5 Å². The average molecular weight is 334 g/mol. The molecule has 6 nitrogen and oxygen atoms in total. The summed E-state index contributed by atoms with van der Waals surface area (Å²) in [6.45, 7) is 7.07. The SMILES string of the molecule is CC(C)(C)OC(=O)N1CCC(Nc2ncnc3sccc23)CC1. The zero-order valence-electron chi connectivity index (χ0n) is 13.7. The molecule has 0 aromatic carbocycles. The molecule has 1 N–H and O–H groups in total. The first kappa shape index (κ1) is 16.0. The fraction of sp³-hybridized carbons (Fsp3) is 0.562. The summed E-state index contributed by atoms with van der Waals surface area (Å²) < 4.78 is 5.43. The van der Waals surface area contributed by atoms with Crippen molar-refractivity contribution < 1.29 is 9.53 Å². The maximum Gasteiger partial charge on any atom is 0.410 e. The van der Waals surface area contributed by atoms with Gasteiger partial charge in [0.1, 0.15) is 22.6 Å². The number of carbonyl (C=O) groups is 1. The van der Waals surface area contributed by atoms with Gasteiger partial charge in [-0.05, 0) is 45.1 Å². The van der Waals surface area contributed by atoms with Gasteiger partial charge >= 0.3 is 6.09 Å². The van der Waals surface area contributed by atoms with Crippen LogP contribution in [0.1, 0.15) is 33.6 Å². The molecule has 2 aromatic heterocycles. The molecule has 0 spiro atoms. The Labute approximate surface area is 139 Å². The molecule has 0 radical (unpaired) electrons. The van der Waals surface area contributed by atoms with Crippen LogP contribution in [0.15, 0.2) is 17.8 Å². The summed E-state index contributed by atoms with van der Waals surface area (Å²) in [4.78, 5) is 23.5. The van der Waals surface area contributed by atoms with Gasteiger partial charge in [0.05, 0.1) is 5.39 Å². The van der Waals surface area contributed by atoms with Crippen LogP contribution in [0, 0.1) is 0 Å². The molecule has 0 atom stereocenters. The summed E-state index contributed by atoms with van der Waals surface area (Å²) in [6, 6.07) is 2.35. The number of fused-ring (bicyclic) bond motifs is 1. The number of rotatable bonds is 2. The number of amides is 1. The Bertz CT molecular complexity index is 687. The predicted octanol–water partition coefficient (Wildman–Crippen LogP) is 3.50. The quantitative estimate of drug-likeness (QED) is 0.910. The Morgan fingerprint density at radius 2 is 2.09 bits per heavy atom. The topological polar surface area (TPSA) is 67.3 Å². The van der Waals surface area contributed by atoms with Crippen LogP contribution in [0.3, 0.4) is 0 Å². The summed E-state index contributed by atoms with van der Waals surface area (Å²) in [6.07, 6.45) is 3.14. The molecule has 7 heteroatoms. The van der Waals surface area contributed by atoms with Crippen LogP contribution in [-0.2, 0) is 4.74 Å². The number of hydrogen-bond acceptors (Lipinski definition) is 6. The lowest BCUT2D eigenvalue weighted by Crippen LogP contribution is -2.44. The molecule has 1 aliphatic rings. The third-order valence-electron chi connectivity index (χ3n) is 3.75. The van der Waals surface area contributed by atoms with E-state index in [1.165, 1.54) is 0 Å². The lowest BCUT2D eigenvalue weighted by atomic mass is 10.1. The summed E-state index contributed by atoms with van der Waals surface area (Å²) >= 11 is 1.61. The monoisotopic (exact) mass is 334 g/mol. The summed E-state index contributed by atoms with van der Waals surface area (Å²) in [5, 5.41) is 6.58. The van der Waals surface area contributed by atoms with Crippen molar-refractivity contribution in [1.29, 1.82) is 0 Å². The standard InChI is InChI=1S/C16H22N4O2S/c1-16(2,3)22-15(21)20-7-4-11(5-8-20)19-13-12-6-9-23-14(12)18-10-17-13/h6,9-11H,4-5,7-8H2,1-3H3,(H,17,18,19). The normalized spacial score (nSPS) is 16.6. The van der Waals surface area contributed by atoms with Crippen LogP contribution >= 0.6 is 11.3 Å². The van der Waals surface area contributed by atoms with Crippen molar-refractivity contribution in [2.24, 2.45) is 0 Å². The third kappa shape index (κ3) is 3.90. The van der Waals surface area contributed by atoms with E-state index in [0.717, 1.165) is 28.9 Å². The van der Waals surface area contributed by atoms with Crippen molar-refractivity contribution in [3.63, 3.8) is 0 Å². The van der Waals surface area contributed by atoms with Crippen molar-refractivity contribution in [2.45, 2.75) is 45.3 Å². The number of ether oxygens (including phenoxy) is 1. The minimum atomic E-state index is -0.447. The van der Waals surface area contributed by atoms with Crippen molar-refractivity contribution in [3.8, 4) is 0 Å². The minimum absolute atomic E-state index is 0.224. The van der Waals surface area contributed by atoms with Crippen LogP contribution in [0.25, 0.3) is 10.2 Å². The second-order valence-corrected chi connectivity index (χ2v) is 7.64. The summed E-state index contributed by atoms with van der Waals surface area (Å²) in [5.41, 5.74) is -0.447. The number of carbonyl (C=O) groups excluding carboxylic acids is 1. The Hall–Kier alpha value is -1.89. The molecule has 0 unspecified atom stereocenters. The van der Waals surface area contributed by atoms with Gasteiger partial charge in [0, 0.05) is 19.1 Å². The van der Waals surface area contributed by atoms with Gasteiger partial charge in [-0.3, -0.25) is 0 Å². The van der Waals surface area contributed by atoms with Crippen LogP contribution in [-0.4, -0.2) is 45.7 Å². The number of likely N-dealkylation sites (tertiary alicyclic amines) is 1. The first-order chi connectivity index (χ1) is 10.9. The van der Waals surface area contributed by atoms with E-state index in [1.54, 1.807) is 22.6 Å². The summed E-state index contributed by atoms with van der Waals surface area (Å²) in [5.74, 6) is 0.881. The second kappa shape index (κ2) is 6.31. The number of anilines is 1. The van der Waals surface area contributed by atoms with Gasteiger partial charge in [-0.1, -0.05) is 0 Å². The lowest BCUT2D eigenvalue weighted by molar-refractivity contribution is 0.0210. The summed E-state index contributed by atoms with van der Waals surface area (Å²) in [7, 11) is 0. The van der Waals surface area contributed by atoms with Gasteiger partial charge in [-0.25, -0.2) is 14.8 Å². The van der Waals surface area contributed by atoms with Crippen LogP contribution in [0.2, 0.25) is 0 Å². The maximum absolute atomic E-state index is 12.1. The van der Waals surface area contributed by atoms with E-state index in [9.17, 15) is 4.79 Å². The van der Waals surface area contributed by atoms with Gasteiger partial charge < -0.3 is 15.0 Å².